The van der Waals surface area contributed by atoms with Gasteiger partial charge < -0.3 is 42.7 Å². The molecule has 5 atom stereocenters. The summed E-state index contributed by atoms with van der Waals surface area (Å²) in [5, 5.41) is 33.2. The molecular formula is C17H29N5O9. The lowest BCUT2D eigenvalue weighted by atomic mass is 9.97. The van der Waals surface area contributed by atoms with Crippen molar-refractivity contribution in [1.29, 1.82) is 0 Å². The highest BCUT2D eigenvalue weighted by Crippen LogP contribution is 2.10. The molecule has 4 amide bonds. The van der Waals surface area contributed by atoms with Crippen molar-refractivity contribution in [2.45, 2.75) is 57.3 Å². The van der Waals surface area contributed by atoms with Crippen LogP contribution < -0.4 is 27.4 Å². The Morgan fingerprint density at radius 1 is 0.871 bits per heavy atom. The number of nitrogens with one attached hydrogen (secondary N) is 3. The molecule has 0 bridgehead atoms. The Balaban J connectivity index is 5.51. The lowest BCUT2D eigenvalue weighted by molar-refractivity contribution is -0.143. The van der Waals surface area contributed by atoms with Gasteiger partial charge in [0.05, 0.1) is 25.5 Å². The van der Waals surface area contributed by atoms with Gasteiger partial charge in [-0.05, 0) is 5.92 Å². The van der Waals surface area contributed by atoms with Crippen molar-refractivity contribution in [3.63, 3.8) is 0 Å². The smallest absolute Gasteiger partial charge is 0.328 e. The number of aliphatic hydroxyl groups excluding tert-OH is 1. The zero-order valence-corrected chi connectivity index (χ0v) is 17.2. The van der Waals surface area contributed by atoms with Gasteiger partial charge in [-0.15, -0.1) is 0 Å². The molecule has 0 aromatic rings. The SMILES string of the molecule is CCC(C)C(NC(=O)C(N)CC(=O)O)C(=O)NC(CC(N)=O)C(=O)NC(CO)C(=O)O. The number of nitrogens with two attached hydrogens (primary N) is 2. The number of carbonyl (C=O) groups excluding carboxylic acids is 4. The molecule has 0 aliphatic rings. The highest BCUT2D eigenvalue weighted by atomic mass is 16.4. The van der Waals surface area contributed by atoms with Crippen LogP contribution in [0.25, 0.3) is 0 Å². The molecule has 0 saturated heterocycles. The Morgan fingerprint density at radius 2 is 1.42 bits per heavy atom. The second kappa shape index (κ2) is 13.1. The number of aliphatic hydroxyl groups is 1. The van der Waals surface area contributed by atoms with Crippen molar-refractivity contribution in [2.24, 2.45) is 17.4 Å². The molecule has 0 aliphatic heterocycles. The van der Waals surface area contributed by atoms with Gasteiger partial charge >= 0.3 is 11.9 Å². The van der Waals surface area contributed by atoms with Crippen LogP contribution in [0.5, 0.6) is 0 Å². The van der Waals surface area contributed by atoms with E-state index in [4.69, 9.17) is 26.8 Å². The maximum Gasteiger partial charge on any atom is 0.328 e. The van der Waals surface area contributed by atoms with E-state index in [0.717, 1.165) is 0 Å². The number of carboxylic acid groups (broad SMARTS) is 2. The van der Waals surface area contributed by atoms with E-state index in [1.54, 1.807) is 13.8 Å². The second-order valence-corrected chi connectivity index (χ2v) is 6.89. The lowest BCUT2D eigenvalue weighted by Gasteiger charge is -2.27. The first kappa shape index (κ1) is 27.7. The zero-order chi connectivity index (χ0) is 24.3. The van der Waals surface area contributed by atoms with Crippen LogP contribution in [0.2, 0.25) is 0 Å². The topological polar surface area (TPSA) is 251 Å². The molecule has 14 heteroatoms. The molecule has 0 saturated carbocycles. The van der Waals surface area contributed by atoms with Crippen molar-refractivity contribution < 1.29 is 44.1 Å². The van der Waals surface area contributed by atoms with Crippen molar-refractivity contribution >= 4 is 35.6 Å². The van der Waals surface area contributed by atoms with Gasteiger partial charge in [-0.1, -0.05) is 20.3 Å². The third kappa shape index (κ3) is 9.86. The minimum absolute atomic E-state index is 0.394. The van der Waals surface area contributed by atoms with Crippen molar-refractivity contribution in [2.75, 3.05) is 6.61 Å². The normalized spacial score (nSPS) is 15.5. The van der Waals surface area contributed by atoms with Crippen molar-refractivity contribution in [3.8, 4) is 0 Å². The molecule has 0 rings (SSSR count). The molecule has 0 radical (unpaired) electrons. The zero-order valence-electron chi connectivity index (χ0n) is 17.2. The number of amides is 4. The summed E-state index contributed by atoms with van der Waals surface area (Å²) in [5.41, 5.74) is 10.6. The Labute approximate surface area is 177 Å². The van der Waals surface area contributed by atoms with Gasteiger partial charge in [0.15, 0.2) is 0 Å². The largest absolute Gasteiger partial charge is 0.481 e. The maximum atomic E-state index is 12.7. The number of hydrogen-bond acceptors (Lipinski definition) is 8. The summed E-state index contributed by atoms with van der Waals surface area (Å²) in [5.74, 6) is -7.23. The van der Waals surface area contributed by atoms with Crippen molar-refractivity contribution in [3.05, 3.63) is 0 Å². The third-order valence-corrected chi connectivity index (χ3v) is 4.36. The van der Waals surface area contributed by atoms with Gasteiger partial charge in [0.2, 0.25) is 23.6 Å². The van der Waals surface area contributed by atoms with Crippen LogP contribution >= 0.6 is 0 Å². The first-order valence-corrected chi connectivity index (χ1v) is 9.34. The molecule has 14 nitrogen and oxygen atoms in total. The van der Waals surface area contributed by atoms with E-state index in [2.05, 4.69) is 10.6 Å². The van der Waals surface area contributed by atoms with Gasteiger partial charge in [-0.2, -0.15) is 0 Å². The van der Waals surface area contributed by atoms with Gasteiger partial charge in [0.1, 0.15) is 18.1 Å². The molecule has 0 aromatic carbocycles. The predicted molar refractivity (Wildman–Crippen MR) is 104 cm³/mol. The first-order chi connectivity index (χ1) is 14.3. The lowest BCUT2D eigenvalue weighted by Crippen LogP contribution is -2.59. The summed E-state index contributed by atoms with van der Waals surface area (Å²) in [6.07, 6.45) is -0.967. The predicted octanol–water partition coefficient (Wildman–Crippen LogP) is -3.76. The van der Waals surface area contributed by atoms with Crippen LogP contribution in [0.1, 0.15) is 33.1 Å². The van der Waals surface area contributed by atoms with E-state index < -0.39 is 85.1 Å². The molecule has 176 valence electrons. The average Bonchev–Trinajstić information content (AvgIpc) is 2.67. The summed E-state index contributed by atoms with van der Waals surface area (Å²) in [7, 11) is 0. The number of carbonyl (C=O) groups is 6. The van der Waals surface area contributed by atoms with Crippen LogP contribution in [0.4, 0.5) is 0 Å². The van der Waals surface area contributed by atoms with E-state index in [9.17, 15) is 28.8 Å². The molecule has 0 aliphatic carbocycles. The summed E-state index contributed by atoms with van der Waals surface area (Å²) in [4.78, 5) is 70.2. The van der Waals surface area contributed by atoms with Gasteiger partial charge in [0, 0.05) is 0 Å². The molecule has 0 heterocycles. The first-order valence-electron chi connectivity index (χ1n) is 9.34. The van der Waals surface area contributed by atoms with E-state index in [1.807, 2.05) is 5.32 Å². The fourth-order valence-electron chi connectivity index (χ4n) is 2.37. The number of carboxylic acids is 2. The minimum Gasteiger partial charge on any atom is -0.481 e. The van der Waals surface area contributed by atoms with Crippen LogP contribution in [0.15, 0.2) is 0 Å². The summed E-state index contributed by atoms with van der Waals surface area (Å²) < 4.78 is 0. The number of hydrogen-bond donors (Lipinski definition) is 8. The quantitative estimate of drug-likeness (QED) is 0.129. The number of primary amides is 1. The minimum atomic E-state index is -1.68. The fourth-order valence-corrected chi connectivity index (χ4v) is 2.37. The van der Waals surface area contributed by atoms with Crippen LogP contribution in [0.3, 0.4) is 0 Å². The number of aliphatic carboxylic acids is 2. The highest BCUT2D eigenvalue weighted by Gasteiger charge is 2.33. The van der Waals surface area contributed by atoms with Crippen LogP contribution in [-0.4, -0.2) is 81.7 Å². The standard InChI is InChI=1S/C17H29N5O9/c1-3-7(2)13(22-14(27)8(18)4-12(25)26)16(29)20-9(5-11(19)24)15(28)21-10(6-23)17(30)31/h7-10,13,23H,3-6,18H2,1-2H3,(H2,19,24)(H,20,29)(H,21,28)(H,22,27)(H,25,26)(H,30,31). The maximum absolute atomic E-state index is 12.7. The number of rotatable bonds is 14. The Hall–Kier alpha value is -3.26. The summed E-state index contributed by atoms with van der Waals surface area (Å²) in [6, 6.07) is -5.94. The molecule has 0 aromatic heterocycles. The van der Waals surface area contributed by atoms with E-state index in [1.165, 1.54) is 0 Å². The summed E-state index contributed by atoms with van der Waals surface area (Å²) >= 11 is 0. The van der Waals surface area contributed by atoms with E-state index in [-0.39, 0.29) is 0 Å². The van der Waals surface area contributed by atoms with Crippen LogP contribution in [0, 0.1) is 5.92 Å². The fraction of sp³-hybridized carbons (Fsp3) is 0.647. The van der Waals surface area contributed by atoms with E-state index >= 15 is 0 Å². The van der Waals surface area contributed by atoms with E-state index in [0.29, 0.717) is 6.42 Å². The Kier molecular flexibility index (Phi) is 11.7. The monoisotopic (exact) mass is 447 g/mol. The molecule has 5 unspecified atom stereocenters. The molecule has 31 heavy (non-hydrogen) atoms. The summed E-state index contributed by atoms with van der Waals surface area (Å²) in [6.45, 7) is 2.37. The van der Waals surface area contributed by atoms with Crippen LogP contribution in [-0.2, 0) is 28.8 Å². The molecule has 10 N–H and O–H groups in total. The average molecular weight is 447 g/mol. The van der Waals surface area contributed by atoms with Gasteiger partial charge in [-0.3, -0.25) is 24.0 Å². The van der Waals surface area contributed by atoms with Gasteiger partial charge in [-0.25, -0.2) is 4.79 Å². The second-order valence-electron chi connectivity index (χ2n) is 6.89. The van der Waals surface area contributed by atoms with Gasteiger partial charge in [0.25, 0.3) is 0 Å². The van der Waals surface area contributed by atoms with Crippen molar-refractivity contribution in [1.82, 2.24) is 16.0 Å². The molecular weight excluding hydrogens is 418 g/mol. The highest BCUT2D eigenvalue weighted by molar-refractivity contribution is 5.96. The molecule has 0 spiro atoms. The Bertz CT molecular complexity index is 699. The molecule has 0 fully saturated rings. The third-order valence-electron chi connectivity index (χ3n) is 4.36. The Morgan fingerprint density at radius 3 is 1.84 bits per heavy atom.